The fourth-order valence-corrected chi connectivity index (χ4v) is 5.23. The first-order chi connectivity index (χ1) is 20.5. The number of rotatable bonds is 12. The van der Waals surface area contributed by atoms with Gasteiger partial charge in [-0.15, -0.1) is 0 Å². The Morgan fingerprint density at radius 3 is 2.14 bits per heavy atom. The summed E-state index contributed by atoms with van der Waals surface area (Å²) in [5.74, 6) is 0.920. The van der Waals surface area contributed by atoms with Gasteiger partial charge >= 0.3 is 0 Å². The van der Waals surface area contributed by atoms with E-state index in [2.05, 4.69) is 41.7 Å². The first-order valence-electron chi connectivity index (χ1n) is 14.7. The van der Waals surface area contributed by atoms with E-state index in [1.54, 1.807) is 0 Å². The number of hydrogen-bond acceptors (Lipinski definition) is 3. The predicted octanol–water partition coefficient (Wildman–Crippen LogP) is 6.43. The second-order valence-electron chi connectivity index (χ2n) is 10.9. The molecule has 0 aliphatic carbocycles. The van der Waals surface area contributed by atoms with Crippen molar-refractivity contribution in [2.45, 2.75) is 52.2 Å². The van der Waals surface area contributed by atoms with Gasteiger partial charge in [-0.1, -0.05) is 97.1 Å². The van der Waals surface area contributed by atoms with Gasteiger partial charge in [0.1, 0.15) is 12.4 Å². The molecule has 6 heteroatoms. The van der Waals surface area contributed by atoms with Crippen molar-refractivity contribution in [2.75, 3.05) is 6.54 Å². The molecule has 0 fully saturated rings. The van der Waals surface area contributed by atoms with Crippen LogP contribution in [0.2, 0.25) is 0 Å². The minimum absolute atomic E-state index is 0.000344. The molecule has 0 spiro atoms. The normalized spacial score (nSPS) is 11.1. The number of aromatic nitrogens is 2. The van der Waals surface area contributed by atoms with Gasteiger partial charge in [0.25, 0.3) is 0 Å². The highest BCUT2D eigenvalue weighted by molar-refractivity contribution is 5.81. The third-order valence-corrected chi connectivity index (χ3v) is 7.49. The van der Waals surface area contributed by atoms with Gasteiger partial charge in [-0.05, 0) is 54.7 Å². The molecule has 214 valence electrons. The molecule has 0 aliphatic rings. The maximum Gasteiger partial charge on any atom is 0.243 e. The average Bonchev–Trinajstić information content (AvgIpc) is 3.36. The SMILES string of the molecule is CC(C)N(Cc1ccccc1)C(=O)Cn1c(CCCNC(=O)Cc2ccc(-c3ccccc3)cc2)nc2ccccc21. The molecule has 1 heterocycles. The van der Waals surface area contributed by atoms with Crippen LogP contribution in [-0.4, -0.2) is 38.9 Å². The van der Waals surface area contributed by atoms with Gasteiger partial charge in [0.15, 0.2) is 0 Å². The van der Waals surface area contributed by atoms with Crippen LogP contribution in [0.3, 0.4) is 0 Å². The number of para-hydroxylation sites is 2. The van der Waals surface area contributed by atoms with Crippen LogP contribution >= 0.6 is 0 Å². The van der Waals surface area contributed by atoms with E-state index in [1.165, 1.54) is 0 Å². The Bertz CT molecular complexity index is 1610. The van der Waals surface area contributed by atoms with Gasteiger partial charge in [-0.2, -0.15) is 0 Å². The maximum absolute atomic E-state index is 13.6. The van der Waals surface area contributed by atoms with E-state index in [0.29, 0.717) is 25.9 Å². The summed E-state index contributed by atoms with van der Waals surface area (Å²) in [5.41, 5.74) is 6.22. The van der Waals surface area contributed by atoms with Crippen LogP contribution in [-0.2, 0) is 35.5 Å². The molecule has 0 saturated heterocycles. The van der Waals surface area contributed by atoms with E-state index in [1.807, 2.05) is 96.1 Å². The molecule has 0 bridgehead atoms. The molecule has 6 nitrogen and oxygen atoms in total. The Labute approximate surface area is 248 Å². The average molecular weight is 559 g/mol. The number of carbonyl (C=O) groups excluding carboxylic acids is 2. The van der Waals surface area contributed by atoms with Crippen molar-refractivity contribution < 1.29 is 9.59 Å². The summed E-state index contributed by atoms with van der Waals surface area (Å²) in [6.45, 7) is 5.44. The molecule has 1 aromatic heterocycles. The number of carbonyl (C=O) groups is 2. The Kier molecular flexibility index (Phi) is 9.44. The van der Waals surface area contributed by atoms with Gasteiger partial charge in [0.2, 0.25) is 11.8 Å². The lowest BCUT2D eigenvalue weighted by Crippen LogP contribution is -2.38. The van der Waals surface area contributed by atoms with E-state index in [-0.39, 0.29) is 24.4 Å². The van der Waals surface area contributed by atoms with E-state index in [0.717, 1.165) is 45.5 Å². The van der Waals surface area contributed by atoms with Crippen molar-refractivity contribution >= 4 is 22.8 Å². The summed E-state index contributed by atoms with van der Waals surface area (Å²) < 4.78 is 2.04. The van der Waals surface area contributed by atoms with E-state index in [4.69, 9.17) is 4.98 Å². The number of imidazole rings is 1. The number of nitrogens with zero attached hydrogens (tertiary/aromatic N) is 3. The Morgan fingerprint density at radius 2 is 1.43 bits per heavy atom. The first-order valence-corrected chi connectivity index (χ1v) is 14.7. The first kappa shape index (κ1) is 28.8. The number of hydrogen-bond donors (Lipinski definition) is 1. The zero-order valence-electron chi connectivity index (χ0n) is 24.4. The van der Waals surface area contributed by atoms with Crippen molar-refractivity contribution in [1.29, 1.82) is 0 Å². The molecule has 0 radical (unpaired) electrons. The molecule has 2 amide bonds. The van der Waals surface area contributed by atoms with Crippen LogP contribution in [0.1, 0.15) is 37.2 Å². The van der Waals surface area contributed by atoms with Crippen LogP contribution < -0.4 is 5.32 Å². The molecule has 1 N–H and O–H groups in total. The highest BCUT2D eigenvalue weighted by Crippen LogP contribution is 2.20. The lowest BCUT2D eigenvalue weighted by molar-refractivity contribution is -0.134. The molecule has 4 aromatic carbocycles. The van der Waals surface area contributed by atoms with Crippen LogP contribution in [0, 0.1) is 0 Å². The van der Waals surface area contributed by atoms with Gasteiger partial charge in [-0.25, -0.2) is 4.98 Å². The van der Waals surface area contributed by atoms with Crippen molar-refractivity contribution in [3.8, 4) is 11.1 Å². The quantitative estimate of drug-likeness (QED) is 0.179. The fourth-order valence-electron chi connectivity index (χ4n) is 5.23. The van der Waals surface area contributed by atoms with Gasteiger partial charge in [-0.3, -0.25) is 9.59 Å². The largest absolute Gasteiger partial charge is 0.356 e. The van der Waals surface area contributed by atoms with Crippen molar-refractivity contribution in [2.24, 2.45) is 0 Å². The van der Waals surface area contributed by atoms with Gasteiger partial charge in [0, 0.05) is 25.6 Å². The number of nitrogens with one attached hydrogen (secondary N) is 1. The second-order valence-corrected chi connectivity index (χ2v) is 10.9. The Hall–Kier alpha value is -4.71. The summed E-state index contributed by atoms with van der Waals surface area (Å²) in [5, 5.41) is 3.05. The van der Waals surface area contributed by atoms with Crippen LogP contribution in [0.4, 0.5) is 0 Å². The van der Waals surface area contributed by atoms with E-state index >= 15 is 0 Å². The standard InChI is InChI=1S/C36H38N4O2/c1-27(2)39(25-29-12-5-3-6-13-29)36(42)26-40-33-17-10-9-16-32(33)38-34(40)18-11-23-37-35(41)24-28-19-21-31(22-20-28)30-14-7-4-8-15-30/h3-10,12-17,19-22,27H,11,18,23-26H2,1-2H3,(H,37,41). The lowest BCUT2D eigenvalue weighted by atomic mass is 10.0. The van der Waals surface area contributed by atoms with Gasteiger partial charge < -0.3 is 14.8 Å². The number of benzene rings is 4. The van der Waals surface area contributed by atoms with E-state index < -0.39 is 0 Å². The van der Waals surface area contributed by atoms with Crippen LogP contribution in [0.5, 0.6) is 0 Å². The van der Waals surface area contributed by atoms with Crippen molar-refractivity contribution in [1.82, 2.24) is 19.8 Å². The summed E-state index contributed by atoms with van der Waals surface area (Å²) in [6, 6.07) is 36.5. The Morgan fingerprint density at radius 1 is 0.786 bits per heavy atom. The lowest BCUT2D eigenvalue weighted by Gasteiger charge is -2.27. The molecule has 5 aromatic rings. The minimum Gasteiger partial charge on any atom is -0.356 e. The summed E-state index contributed by atoms with van der Waals surface area (Å²) in [4.78, 5) is 33.0. The van der Waals surface area contributed by atoms with Crippen molar-refractivity contribution in [3.05, 3.63) is 126 Å². The van der Waals surface area contributed by atoms with Gasteiger partial charge in [0.05, 0.1) is 17.5 Å². The molecule has 0 unspecified atom stereocenters. The predicted molar refractivity (Wildman–Crippen MR) is 169 cm³/mol. The third-order valence-electron chi connectivity index (χ3n) is 7.49. The molecular weight excluding hydrogens is 520 g/mol. The van der Waals surface area contributed by atoms with Crippen LogP contribution in [0.15, 0.2) is 109 Å². The highest BCUT2D eigenvalue weighted by Gasteiger charge is 2.21. The molecule has 0 atom stereocenters. The zero-order valence-corrected chi connectivity index (χ0v) is 24.4. The number of amides is 2. The second kappa shape index (κ2) is 13.8. The van der Waals surface area contributed by atoms with Crippen LogP contribution in [0.25, 0.3) is 22.2 Å². The zero-order chi connectivity index (χ0) is 29.3. The number of aryl methyl sites for hydroxylation is 1. The molecule has 5 rings (SSSR count). The number of fused-ring (bicyclic) bond motifs is 1. The van der Waals surface area contributed by atoms with Crippen molar-refractivity contribution in [3.63, 3.8) is 0 Å². The summed E-state index contributed by atoms with van der Waals surface area (Å²) in [6.07, 6.45) is 1.73. The molecule has 42 heavy (non-hydrogen) atoms. The minimum atomic E-state index is -0.000344. The van der Waals surface area contributed by atoms with E-state index in [9.17, 15) is 9.59 Å². The third kappa shape index (κ3) is 7.32. The highest BCUT2D eigenvalue weighted by atomic mass is 16.2. The smallest absolute Gasteiger partial charge is 0.243 e. The fraction of sp³-hybridized carbons (Fsp3) is 0.250. The summed E-state index contributed by atoms with van der Waals surface area (Å²) >= 11 is 0. The molecule has 0 saturated carbocycles. The summed E-state index contributed by atoms with van der Waals surface area (Å²) in [7, 11) is 0. The molecular formula is C36H38N4O2. The topological polar surface area (TPSA) is 67.2 Å². The monoisotopic (exact) mass is 558 g/mol. The maximum atomic E-state index is 13.6. The Balaban J connectivity index is 1.18. The molecule has 0 aliphatic heterocycles.